The third-order valence-corrected chi connectivity index (χ3v) is 10.7. The summed E-state index contributed by atoms with van der Waals surface area (Å²) >= 11 is 1.67. The lowest BCUT2D eigenvalue weighted by Gasteiger charge is -2.36. The van der Waals surface area contributed by atoms with Crippen molar-refractivity contribution in [1.29, 1.82) is 0 Å². The van der Waals surface area contributed by atoms with E-state index in [1.54, 1.807) is 30.1 Å². The van der Waals surface area contributed by atoms with Crippen LogP contribution in [0.5, 0.6) is 0 Å². The molecule has 0 saturated carbocycles. The molecule has 6 rings (SSSR count). The molecule has 4 aromatic carbocycles. The highest BCUT2D eigenvalue weighted by Crippen LogP contribution is 2.40. The fourth-order valence-corrected chi connectivity index (χ4v) is 7.36. The molecule has 2 heterocycles. The Morgan fingerprint density at radius 2 is 1.59 bits per heavy atom. The lowest BCUT2D eigenvalue weighted by molar-refractivity contribution is -0.245. The van der Waals surface area contributed by atoms with E-state index in [4.69, 9.17) is 15.2 Å². The van der Waals surface area contributed by atoms with Gasteiger partial charge in [0.25, 0.3) is 0 Å². The van der Waals surface area contributed by atoms with Gasteiger partial charge in [0.05, 0.1) is 30.2 Å². The van der Waals surface area contributed by atoms with Gasteiger partial charge in [-0.1, -0.05) is 103 Å². The highest BCUT2D eigenvalue weighted by atomic mass is 32.2. The third-order valence-electron chi connectivity index (χ3n) is 9.52. The molecular formula is C43H49N5O5S. The number of benzene rings is 4. The number of carbonyl (C=O) groups is 2. The monoisotopic (exact) mass is 747 g/mol. The van der Waals surface area contributed by atoms with E-state index >= 15 is 0 Å². The molecule has 1 aliphatic heterocycles. The number of hydrogen-bond donors (Lipinski definition) is 4. The van der Waals surface area contributed by atoms with E-state index in [0.717, 1.165) is 70.0 Å². The van der Waals surface area contributed by atoms with Crippen LogP contribution in [0.25, 0.3) is 11.1 Å². The predicted molar refractivity (Wildman–Crippen MR) is 213 cm³/mol. The van der Waals surface area contributed by atoms with Crippen LogP contribution in [-0.4, -0.2) is 38.3 Å². The van der Waals surface area contributed by atoms with E-state index in [-0.39, 0.29) is 30.6 Å². The van der Waals surface area contributed by atoms with Crippen molar-refractivity contribution < 1.29 is 24.2 Å². The second-order valence-corrected chi connectivity index (χ2v) is 14.6. The van der Waals surface area contributed by atoms with Gasteiger partial charge in [0.1, 0.15) is 0 Å². The molecule has 5 aromatic rings. The Balaban J connectivity index is 0.976. The normalized spacial score (nSPS) is 16.9. The van der Waals surface area contributed by atoms with Gasteiger partial charge in [-0.15, -0.1) is 0 Å². The van der Waals surface area contributed by atoms with E-state index in [9.17, 15) is 14.7 Å². The number of nitrogens with zero attached hydrogens (tertiary/aromatic N) is 2. The average molecular weight is 748 g/mol. The van der Waals surface area contributed by atoms with Gasteiger partial charge in [-0.3, -0.25) is 9.59 Å². The molecule has 1 aliphatic rings. The van der Waals surface area contributed by atoms with Gasteiger partial charge in [0, 0.05) is 56.6 Å². The molecule has 54 heavy (non-hydrogen) atoms. The lowest BCUT2D eigenvalue weighted by atomic mass is 9.99. The van der Waals surface area contributed by atoms with Crippen molar-refractivity contribution >= 4 is 35.0 Å². The average Bonchev–Trinajstić information content (AvgIpc) is 3.62. The zero-order valence-electron chi connectivity index (χ0n) is 30.7. The number of rotatable bonds is 17. The summed E-state index contributed by atoms with van der Waals surface area (Å²) in [7, 11) is 1.99. The number of aliphatic hydroxyl groups excluding tert-OH is 1. The zero-order chi connectivity index (χ0) is 37.7. The highest BCUT2D eigenvalue weighted by Gasteiger charge is 2.32. The van der Waals surface area contributed by atoms with Crippen LogP contribution in [-0.2, 0) is 39.3 Å². The number of nitrogen functional groups attached to an aromatic ring is 1. The molecule has 5 N–H and O–H groups in total. The molecule has 0 aliphatic carbocycles. The maximum absolute atomic E-state index is 12.6. The number of thioether (sulfide) groups is 1. The summed E-state index contributed by atoms with van der Waals surface area (Å²) in [5.74, 6) is 0.713. The number of para-hydroxylation sites is 2. The summed E-state index contributed by atoms with van der Waals surface area (Å²) in [4.78, 5) is 29.3. The number of amides is 2. The Bertz CT molecular complexity index is 1970. The van der Waals surface area contributed by atoms with Crippen molar-refractivity contribution in [1.82, 2.24) is 14.9 Å². The van der Waals surface area contributed by atoms with Crippen LogP contribution >= 0.6 is 11.8 Å². The summed E-state index contributed by atoms with van der Waals surface area (Å²) in [5.41, 5.74) is 13.1. The number of nitrogens with one attached hydrogen (secondary N) is 2. The van der Waals surface area contributed by atoms with Gasteiger partial charge < -0.3 is 35.5 Å². The number of imidazole rings is 1. The molecule has 0 unspecified atom stereocenters. The number of carbonyl (C=O) groups excluding carboxylic acids is 2. The van der Waals surface area contributed by atoms with Crippen molar-refractivity contribution in [2.24, 2.45) is 7.05 Å². The van der Waals surface area contributed by atoms with Crippen LogP contribution in [0, 0.1) is 0 Å². The Morgan fingerprint density at radius 3 is 2.31 bits per heavy atom. The maximum atomic E-state index is 12.6. The molecule has 3 atom stereocenters. The minimum absolute atomic E-state index is 0.00254. The van der Waals surface area contributed by atoms with E-state index in [2.05, 4.69) is 52.0 Å². The van der Waals surface area contributed by atoms with Gasteiger partial charge in [-0.05, 0) is 58.9 Å². The van der Waals surface area contributed by atoms with E-state index in [1.165, 1.54) is 0 Å². The minimum atomic E-state index is -0.539. The van der Waals surface area contributed by atoms with Crippen LogP contribution in [0.15, 0.2) is 115 Å². The first-order valence-electron chi connectivity index (χ1n) is 18.6. The van der Waals surface area contributed by atoms with Crippen molar-refractivity contribution in [3.05, 3.63) is 132 Å². The summed E-state index contributed by atoms with van der Waals surface area (Å²) in [6.07, 6.45) is 7.90. The molecule has 0 bridgehead atoms. The third kappa shape index (κ3) is 11.0. The molecule has 1 saturated heterocycles. The van der Waals surface area contributed by atoms with Crippen LogP contribution in [0.2, 0.25) is 0 Å². The molecule has 282 valence electrons. The number of anilines is 2. The van der Waals surface area contributed by atoms with Crippen molar-refractivity contribution in [2.45, 2.75) is 81.8 Å². The number of hydrogen-bond acceptors (Lipinski definition) is 8. The van der Waals surface area contributed by atoms with Gasteiger partial charge in [0.15, 0.2) is 11.4 Å². The first kappa shape index (κ1) is 38.8. The smallest absolute Gasteiger partial charge is 0.224 e. The number of nitrogens with two attached hydrogens (primary N) is 1. The maximum Gasteiger partial charge on any atom is 0.224 e. The van der Waals surface area contributed by atoms with Crippen molar-refractivity contribution in [3.8, 4) is 11.1 Å². The Labute approximate surface area is 321 Å². The SMILES string of the molecule is Cn1ccnc1SC[C@H]1C[C@@H](c2ccc(CO)cc2)O[C@@H](c2ccc(-c3cccc(CNC(=O)CCCCCCC(=O)Nc4ccccc4N)c3)cc2)O1. The summed E-state index contributed by atoms with van der Waals surface area (Å²) in [6, 6.07) is 31.6. The van der Waals surface area contributed by atoms with Crippen LogP contribution in [0.3, 0.4) is 0 Å². The minimum Gasteiger partial charge on any atom is -0.397 e. The molecule has 1 fully saturated rings. The van der Waals surface area contributed by atoms with E-state index in [0.29, 0.717) is 37.2 Å². The Hall–Kier alpha value is -4.94. The first-order chi connectivity index (χ1) is 26.3. The van der Waals surface area contributed by atoms with Crippen molar-refractivity contribution in [2.75, 3.05) is 16.8 Å². The molecule has 10 nitrogen and oxygen atoms in total. The number of aromatic nitrogens is 2. The molecule has 2 amide bonds. The Morgan fingerprint density at radius 1 is 0.852 bits per heavy atom. The van der Waals surface area contributed by atoms with Gasteiger partial charge in [-0.25, -0.2) is 4.98 Å². The summed E-state index contributed by atoms with van der Waals surface area (Å²) in [5, 5.41) is 16.4. The summed E-state index contributed by atoms with van der Waals surface area (Å²) in [6.45, 7) is 0.457. The van der Waals surface area contributed by atoms with Crippen molar-refractivity contribution in [3.63, 3.8) is 0 Å². The highest BCUT2D eigenvalue weighted by molar-refractivity contribution is 7.99. The molecular weight excluding hydrogens is 699 g/mol. The topological polar surface area (TPSA) is 141 Å². The molecule has 0 radical (unpaired) electrons. The fourth-order valence-electron chi connectivity index (χ4n) is 6.41. The second kappa shape index (κ2) is 19.4. The largest absolute Gasteiger partial charge is 0.397 e. The summed E-state index contributed by atoms with van der Waals surface area (Å²) < 4.78 is 15.1. The number of unbranched alkanes of at least 4 members (excludes halogenated alkanes) is 3. The van der Waals surface area contributed by atoms with Gasteiger partial charge in [0.2, 0.25) is 11.8 Å². The Kier molecular flexibility index (Phi) is 13.9. The fraction of sp³-hybridized carbons (Fsp3) is 0.326. The number of ether oxygens (including phenoxy) is 2. The molecule has 1 aromatic heterocycles. The zero-order valence-corrected chi connectivity index (χ0v) is 31.5. The van der Waals surface area contributed by atoms with Gasteiger partial charge in [-0.2, -0.15) is 0 Å². The quantitative estimate of drug-likeness (QED) is 0.0425. The van der Waals surface area contributed by atoms with Crippen LogP contribution in [0.1, 0.15) is 79.6 Å². The molecule has 11 heteroatoms. The predicted octanol–water partition coefficient (Wildman–Crippen LogP) is 8.09. The van der Waals surface area contributed by atoms with E-state index in [1.807, 2.05) is 66.3 Å². The molecule has 0 spiro atoms. The van der Waals surface area contributed by atoms with E-state index < -0.39 is 6.29 Å². The standard InChI is InChI=1S/C43H49N5O5S/c1-48-24-23-45-43(48)54-29-36-26-39(33-17-15-30(28-49)16-18-33)53-42(52-36)34-21-19-32(20-22-34)35-10-8-9-31(25-35)27-46-40(50)13-4-2-3-5-14-41(51)47-38-12-7-6-11-37(38)44/h6-12,15-25,36,39,42,49H,2-5,13-14,26-29,44H2,1H3,(H,46,50)(H,47,51)/t36-,39+,42+/m1/s1. The van der Waals surface area contributed by atoms with Crippen LogP contribution < -0.4 is 16.4 Å². The first-order valence-corrected chi connectivity index (χ1v) is 19.5. The number of aryl methyl sites for hydroxylation is 1. The number of aliphatic hydroxyl groups is 1. The van der Waals surface area contributed by atoms with Crippen LogP contribution in [0.4, 0.5) is 11.4 Å². The lowest BCUT2D eigenvalue weighted by Crippen LogP contribution is -2.31. The second-order valence-electron chi connectivity index (χ2n) is 13.6. The van der Waals surface area contributed by atoms with Gasteiger partial charge >= 0.3 is 0 Å².